The molecule has 0 aromatic rings. The van der Waals surface area contributed by atoms with E-state index in [1.165, 1.54) is 0 Å². The molecule has 0 rings (SSSR count). The summed E-state index contributed by atoms with van der Waals surface area (Å²) in [6, 6.07) is 0.408. The molecule has 0 aliphatic carbocycles. The van der Waals surface area contributed by atoms with Crippen molar-refractivity contribution >= 4 is 0 Å². The molecule has 2 heteroatoms. The van der Waals surface area contributed by atoms with Crippen molar-refractivity contribution < 1.29 is 4.74 Å². The predicted molar refractivity (Wildman–Crippen MR) is 62.6 cm³/mol. The summed E-state index contributed by atoms with van der Waals surface area (Å²) < 4.78 is 5.50. The molecule has 84 valence electrons. The summed E-state index contributed by atoms with van der Waals surface area (Å²) in [4.78, 5) is 0. The molecule has 0 fully saturated rings. The van der Waals surface area contributed by atoms with Crippen molar-refractivity contribution in [3.63, 3.8) is 0 Å². The van der Waals surface area contributed by atoms with E-state index in [1.807, 2.05) is 6.08 Å². The highest BCUT2D eigenvalue weighted by molar-refractivity contribution is 4.87. The fourth-order valence-electron chi connectivity index (χ4n) is 1.44. The van der Waals surface area contributed by atoms with Crippen LogP contribution in [0.5, 0.6) is 0 Å². The molecule has 1 atom stereocenters. The summed E-state index contributed by atoms with van der Waals surface area (Å²) in [5, 5.41) is 3.52. The molecule has 0 heterocycles. The predicted octanol–water partition coefficient (Wildman–Crippen LogP) is 2.75. The van der Waals surface area contributed by atoms with Crippen LogP contribution in [0.4, 0.5) is 0 Å². The zero-order valence-corrected chi connectivity index (χ0v) is 10.1. The Morgan fingerprint density at radius 1 is 1.50 bits per heavy atom. The summed E-state index contributed by atoms with van der Waals surface area (Å²) in [6.07, 6.45) is 5.25. The fourth-order valence-corrected chi connectivity index (χ4v) is 1.44. The van der Waals surface area contributed by atoms with Gasteiger partial charge in [-0.3, -0.25) is 0 Å². The SMILES string of the molecule is C=CCCC(NCCC)C(C)(C)OC. The maximum Gasteiger partial charge on any atom is 0.0775 e. The Hall–Kier alpha value is -0.340. The van der Waals surface area contributed by atoms with E-state index in [4.69, 9.17) is 4.74 Å². The van der Waals surface area contributed by atoms with Gasteiger partial charge in [0.15, 0.2) is 0 Å². The molecule has 0 aliphatic rings. The van der Waals surface area contributed by atoms with E-state index < -0.39 is 0 Å². The minimum atomic E-state index is -0.0990. The van der Waals surface area contributed by atoms with Gasteiger partial charge in [-0.2, -0.15) is 0 Å². The average Bonchev–Trinajstić information content (AvgIpc) is 2.17. The largest absolute Gasteiger partial charge is 0.377 e. The molecule has 0 saturated carbocycles. The molecule has 0 aliphatic heterocycles. The second-order valence-corrected chi connectivity index (χ2v) is 4.18. The number of ether oxygens (including phenoxy) is 1. The van der Waals surface area contributed by atoms with Crippen LogP contribution in [0.2, 0.25) is 0 Å². The number of allylic oxidation sites excluding steroid dienone is 1. The van der Waals surface area contributed by atoms with Crippen molar-refractivity contribution in [2.75, 3.05) is 13.7 Å². The smallest absolute Gasteiger partial charge is 0.0775 e. The lowest BCUT2D eigenvalue weighted by Gasteiger charge is -2.33. The molecular weight excluding hydrogens is 174 g/mol. The van der Waals surface area contributed by atoms with E-state index in [-0.39, 0.29) is 5.60 Å². The van der Waals surface area contributed by atoms with Gasteiger partial charge in [-0.15, -0.1) is 6.58 Å². The lowest BCUT2D eigenvalue weighted by molar-refractivity contribution is -0.0121. The zero-order valence-electron chi connectivity index (χ0n) is 10.1. The molecule has 1 unspecified atom stereocenters. The van der Waals surface area contributed by atoms with E-state index >= 15 is 0 Å². The van der Waals surface area contributed by atoms with Gasteiger partial charge in [0, 0.05) is 13.2 Å². The van der Waals surface area contributed by atoms with Crippen molar-refractivity contribution in [1.82, 2.24) is 5.32 Å². The molecule has 0 saturated heterocycles. The second-order valence-electron chi connectivity index (χ2n) is 4.18. The number of nitrogens with one attached hydrogen (secondary N) is 1. The number of hydrogen-bond donors (Lipinski definition) is 1. The van der Waals surface area contributed by atoms with Gasteiger partial charge in [0.1, 0.15) is 0 Å². The van der Waals surface area contributed by atoms with Crippen LogP contribution in [0.15, 0.2) is 12.7 Å². The lowest BCUT2D eigenvalue weighted by Crippen LogP contribution is -2.48. The van der Waals surface area contributed by atoms with Crippen LogP contribution in [0, 0.1) is 0 Å². The van der Waals surface area contributed by atoms with Gasteiger partial charge in [-0.05, 0) is 39.7 Å². The molecule has 14 heavy (non-hydrogen) atoms. The maximum absolute atomic E-state index is 5.50. The first kappa shape index (κ1) is 13.7. The standard InChI is InChI=1S/C12H25NO/c1-6-8-9-11(13-10-7-2)12(3,4)14-5/h6,11,13H,1,7-10H2,2-5H3. The quantitative estimate of drug-likeness (QED) is 0.607. The van der Waals surface area contributed by atoms with E-state index in [2.05, 4.69) is 32.7 Å². The van der Waals surface area contributed by atoms with Gasteiger partial charge < -0.3 is 10.1 Å². The van der Waals surface area contributed by atoms with Crippen LogP contribution in [0.3, 0.4) is 0 Å². The molecule has 0 spiro atoms. The van der Waals surface area contributed by atoms with Crippen molar-refractivity contribution in [3.05, 3.63) is 12.7 Å². The highest BCUT2D eigenvalue weighted by atomic mass is 16.5. The normalized spacial score (nSPS) is 14.0. The Morgan fingerprint density at radius 2 is 2.14 bits per heavy atom. The lowest BCUT2D eigenvalue weighted by atomic mass is 9.94. The van der Waals surface area contributed by atoms with Crippen molar-refractivity contribution in [2.45, 2.75) is 51.7 Å². The van der Waals surface area contributed by atoms with Crippen LogP contribution >= 0.6 is 0 Å². The second kappa shape index (κ2) is 7.02. The van der Waals surface area contributed by atoms with E-state index in [0.717, 1.165) is 25.8 Å². The Bertz CT molecular complexity index is 154. The van der Waals surface area contributed by atoms with Crippen LogP contribution in [0.1, 0.15) is 40.0 Å². The van der Waals surface area contributed by atoms with Crippen LogP contribution in [0.25, 0.3) is 0 Å². The molecular formula is C12H25NO. The van der Waals surface area contributed by atoms with E-state index in [0.29, 0.717) is 6.04 Å². The third-order valence-electron chi connectivity index (χ3n) is 2.67. The molecule has 2 nitrogen and oxygen atoms in total. The molecule has 0 bridgehead atoms. The highest BCUT2D eigenvalue weighted by Crippen LogP contribution is 2.18. The van der Waals surface area contributed by atoms with Gasteiger partial charge >= 0.3 is 0 Å². The van der Waals surface area contributed by atoms with E-state index in [1.54, 1.807) is 7.11 Å². The number of rotatable bonds is 8. The summed E-state index contributed by atoms with van der Waals surface area (Å²) >= 11 is 0. The summed E-state index contributed by atoms with van der Waals surface area (Å²) in [7, 11) is 1.77. The highest BCUT2D eigenvalue weighted by Gasteiger charge is 2.27. The van der Waals surface area contributed by atoms with Gasteiger partial charge in [0.05, 0.1) is 5.60 Å². The van der Waals surface area contributed by atoms with Crippen molar-refractivity contribution in [3.8, 4) is 0 Å². The number of methoxy groups -OCH3 is 1. The van der Waals surface area contributed by atoms with Crippen molar-refractivity contribution in [2.24, 2.45) is 0 Å². The number of hydrogen-bond acceptors (Lipinski definition) is 2. The Labute approximate surface area is 88.7 Å². The minimum absolute atomic E-state index is 0.0990. The summed E-state index contributed by atoms with van der Waals surface area (Å²) in [5.74, 6) is 0. The van der Waals surface area contributed by atoms with E-state index in [9.17, 15) is 0 Å². The first-order chi connectivity index (χ1) is 6.58. The third kappa shape index (κ3) is 4.77. The average molecular weight is 199 g/mol. The molecule has 0 aromatic carbocycles. The molecule has 0 radical (unpaired) electrons. The Kier molecular flexibility index (Phi) is 6.85. The Balaban J connectivity index is 4.14. The zero-order chi connectivity index (χ0) is 11.0. The van der Waals surface area contributed by atoms with Gasteiger partial charge in [-0.25, -0.2) is 0 Å². The fraction of sp³-hybridized carbons (Fsp3) is 0.833. The Morgan fingerprint density at radius 3 is 2.57 bits per heavy atom. The first-order valence-corrected chi connectivity index (χ1v) is 5.48. The van der Waals surface area contributed by atoms with Gasteiger partial charge in [0.25, 0.3) is 0 Å². The molecule has 1 N–H and O–H groups in total. The topological polar surface area (TPSA) is 21.3 Å². The summed E-state index contributed by atoms with van der Waals surface area (Å²) in [6.45, 7) is 11.2. The van der Waals surface area contributed by atoms with Crippen molar-refractivity contribution in [1.29, 1.82) is 0 Å². The molecule has 0 aromatic heterocycles. The third-order valence-corrected chi connectivity index (χ3v) is 2.67. The maximum atomic E-state index is 5.50. The molecule has 0 amide bonds. The minimum Gasteiger partial charge on any atom is -0.377 e. The van der Waals surface area contributed by atoms with Gasteiger partial charge in [-0.1, -0.05) is 13.0 Å². The van der Waals surface area contributed by atoms with Crippen LogP contribution in [-0.4, -0.2) is 25.3 Å². The van der Waals surface area contributed by atoms with Gasteiger partial charge in [0.2, 0.25) is 0 Å². The first-order valence-electron chi connectivity index (χ1n) is 5.48. The monoisotopic (exact) mass is 199 g/mol. The summed E-state index contributed by atoms with van der Waals surface area (Å²) in [5.41, 5.74) is -0.0990. The van der Waals surface area contributed by atoms with Crippen LogP contribution in [-0.2, 0) is 4.74 Å². The van der Waals surface area contributed by atoms with Crippen LogP contribution < -0.4 is 5.32 Å².